The number of imidazole rings is 1. The van der Waals surface area contributed by atoms with Crippen molar-refractivity contribution < 1.29 is 14.3 Å². The highest BCUT2D eigenvalue weighted by Crippen LogP contribution is 2.37. The van der Waals surface area contributed by atoms with Crippen molar-refractivity contribution in [3.05, 3.63) is 64.1 Å². The number of ether oxygens (including phenoxy) is 1. The summed E-state index contributed by atoms with van der Waals surface area (Å²) in [4.78, 5) is 32.5. The van der Waals surface area contributed by atoms with Crippen LogP contribution in [0.3, 0.4) is 0 Å². The number of fused-ring (bicyclic) bond motifs is 1. The number of para-hydroxylation sites is 1. The average Bonchev–Trinajstić information content (AvgIpc) is 3.39. The molecule has 0 unspecified atom stereocenters. The van der Waals surface area contributed by atoms with Gasteiger partial charge in [0, 0.05) is 24.0 Å². The average molecular weight is 478 g/mol. The van der Waals surface area contributed by atoms with E-state index in [0.29, 0.717) is 30.1 Å². The molecule has 0 saturated heterocycles. The van der Waals surface area contributed by atoms with E-state index in [9.17, 15) is 14.9 Å². The van der Waals surface area contributed by atoms with Crippen LogP contribution in [0.15, 0.2) is 36.8 Å². The molecule has 8 nitrogen and oxygen atoms in total. The van der Waals surface area contributed by atoms with Gasteiger partial charge in [0.1, 0.15) is 23.4 Å². The Hall–Kier alpha value is -3.64. The van der Waals surface area contributed by atoms with Crippen molar-refractivity contribution in [2.75, 3.05) is 19.0 Å². The molecule has 1 aliphatic heterocycles. The van der Waals surface area contributed by atoms with Gasteiger partial charge in [-0.2, -0.15) is 5.26 Å². The molecule has 0 saturated carbocycles. The molecule has 4 rings (SSSR count). The lowest BCUT2D eigenvalue weighted by Gasteiger charge is -2.27. The molecule has 3 aromatic rings. The molecule has 1 aromatic carbocycles. The highest BCUT2D eigenvalue weighted by Gasteiger charge is 2.28. The number of nitrogens with zero attached hydrogens (tertiary/aromatic N) is 4. The smallest absolute Gasteiger partial charge is 0.242 e. The van der Waals surface area contributed by atoms with E-state index < -0.39 is 0 Å². The summed E-state index contributed by atoms with van der Waals surface area (Å²) in [5.74, 6) is 0.557. The second-order valence-corrected chi connectivity index (χ2v) is 9.57. The van der Waals surface area contributed by atoms with Gasteiger partial charge in [-0.15, -0.1) is 11.3 Å². The lowest BCUT2D eigenvalue weighted by molar-refractivity contribution is -0.132. The Morgan fingerprint density at radius 2 is 2.15 bits per heavy atom. The normalized spacial score (nSPS) is 13.6. The van der Waals surface area contributed by atoms with Gasteiger partial charge in [0.2, 0.25) is 11.8 Å². The number of nitriles is 1. The molecule has 0 fully saturated rings. The van der Waals surface area contributed by atoms with Crippen LogP contribution in [-0.4, -0.2) is 39.9 Å². The maximum Gasteiger partial charge on any atom is 0.242 e. The zero-order chi connectivity index (χ0) is 24.2. The molecule has 34 heavy (non-hydrogen) atoms. The minimum absolute atomic E-state index is 0.00572. The summed E-state index contributed by atoms with van der Waals surface area (Å²) in [6.07, 6.45) is 4.35. The number of carbonyl (C=O) groups is 2. The Bertz CT molecular complexity index is 1260. The van der Waals surface area contributed by atoms with E-state index in [1.54, 1.807) is 22.9 Å². The first-order valence-corrected chi connectivity index (χ1v) is 11.9. The molecule has 9 heteroatoms. The van der Waals surface area contributed by atoms with E-state index in [4.69, 9.17) is 4.74 Å². The third kappa shape index (κ3) is 4.97. The van der Waals surface area contributed by atoms with Crippen LogP contribution in [0.5, 0.6) is 5.75 Å². The Labute approximate surface area is 202 Å². The van der Waals surface area contributed by atoms with Crippen molar-refractivity contribution in [1.82, 2.24) is 14.5 Å². The Kier molecular flexibility index (Phi) is 6.98. The van der Waals surface area contributed by atoms with E-state index in [1.807, 2.05) is 44.3 Å². The van der Waals surface area contributed by atoms with Gasteiger partial charge in [0.15, 0.2) is 0 Å². The van der Waals surface area contributed by atoms with Crippen molar-refractivity contribution >= 4 is 28.2 Å². The first-order valence-electron chi connectivity index (χ1n) is 11.1. The monoisotopic (exact) mass is 477 g/mol. The predicted molar refractivity (Wildman–Crippen MR) is 130 cm³/mol. The number of anilines is 1. The van der Waals surface area contributed by atoms with Crippen molar-refractivity contribution in [3.8, 4) is 11.8 Å². The topological polar surface area (TPSA) is 100 Å². The predicted octanol–water partition coefficient (Wildman–Crippen LogP) is 3.85. The number of rotatable bonds is 7. The number of nitrogens with one attached hydrogen (secondary N) is 1. The Morgan fingerprint density at radius 3 is 2.85 bits per heavy atom. The van der Waals surface area contributed by atoms with Crippen LogP contribution >= 0.6 is 11.3 Å². The SMILES string of the molecule is COc1ccccc1[C@@H](C)CC(=O)Nc1sc2c(c1C#N)CCN(C(=O)Cn1cnc(C)c1)C2. The summed E-state index contributed by atoms with van der Waals surface area (Å²) < 4.78 is 7.19. The van der Waals surface area contributed by atoms with Crippen molar-refractivity contribution in [1.29, 1.82) is 5.26 Å². The number of aryl methyl sites for hydroxylation is 1. The molecule has 0 bridgehead atoms. The molecule has 1 aliphatic rings. The van der Waals surface area contributed by atoms with E-state index in [-0.39, 0.29) is 30.7 Å². The van der Waals surface area contributed by atoms with Crippen LogP contribution in [0.25, 0.3) is 0 Å². The largest absolute Gasteiger partial charge is 0.496 e. The summed E-state index contributed by atoms with van der Waals surface area (Å²) in [5.41, 5.74) is 3.28. The lowest BCUT2D eigenvalue weighted by Crippen LogP contribution is -2.37. The molecule has 1 N–H and O–H groups in total. The molecule has 2 aromatic heterocycles. The summed E-state index contributed by atoms with van der Waals surface area (Å²) in [5, 5.41) is 13.3. The third-order valence-corrected chi connectivity index (χ3v) is 7.15. The van der Waals surface area contributed by atoms with E-state index in [0.717, 1.165) is 27.4 Å². The maximum atomic E-state index is 12.8. The van der Waals surface area contributed by atoms with Gasteiger partial charge in [0.25, 0.3) is 0 Å². The molecular weight excluding hydrogens is 450 g/mol. The molecule has 0 aliphatic carbocycles. The van der Waals surface area contributed by atoms with Crippen LogP contribution in [0.4, 0.5) is 5.00 Å². The fourth-order valence-corrected chi connectivity index (χ4v) is 5.51. The second kappa shape index (κ2) is 10.1. The Balaban J connectivity index is 1.44. The molecule has 0 spiro atoms. The van der Waals surface area contributed by atoms with Gasteiger partial charge in [-0.1, -0.05) is 25.1 Å². The van der Waals surface area contributed by atoms with Crippen molar-refractivity contribution in [2.45, 2.75) is 45.7 Å². The highest BCUT2D eigenvalue weighted by atomic mass is 32.1. The molecule has 1 atom stereocenters. The molecule has 2 amide bonds. The zero-order valence-corrected chi connectivity index (χ0v) is 20.3. The number of hydrogen-bond acceptors (Lipinski definition) is 6. The quantitative estimate of drug-likeness (QED) is 0.557. The van der Waals surface area contributed by atoms with E-state index in [1.165, 1.54) is 11.3 Å². The molecule has 3 heterocycles. The number of benzene rings is 1. The number of hydrogen-bond donors (Lipinski definition) is 1. The standard InChI is InChI=1S/C25H27N5O3S/c1-16(18-6-4-5-7-21(18)33-3)10-23(31)28-25-20(11-26)19-8-9-30(13-22(19)34-25)24(32)14-29-12-17(2)27-15-29/h4-7,12,15-16H,8-10,13-14H2,1-3H3,(H,28,31)/t16-/m0/s1. The van der Waals surface area contributed by atoms with Crippen LogP contribution in [-0.2, 0) is 29.1 Å². The highest BCUT2D eigenvalue weighted by molar-refractivity contribution is 7.16. The summed E-state index contributed by atoms with van der Waals surface area (Å²) in [6.45, 7) is 5.08. The number of thiophene rings is 1. The van der Waals surface area contributed by atoms with Gasteiger partial charge in [-0.25, -0.2) is 4.98 Å². The maximum absolute atomic E-state index is 12.8. The first-order chi connectivity index (χ1) is 16.4. The molecule has 0 radical (unpaired) electrons. The number of methoxy groups -OCH3 is 1. The second-order valence-electron chi connectivity index (χ2n) is 8.47. The minimum atomic E-state index is -0.156. The van der Waals surface area contributed by atoms with Gasteiger partial charge < -0.3 is 19.5 Å². The van der Waals surface area contributed by atoms with E-state index in [2.05, 4.69) is 16.4 Å². The molecule has 176 valence electrons. The first kappa shape index (κ1) is 23.5. The lowest BCUT2D eigenvalue weighted by atomic mass is 9.96. The number of amides is 2. The third-order valence-electron chi connectivity index (χ3n) is 6.02. The summed E-state index contributed by atoms with van der Waals surface area (Å²) in [7, 11) is 1.62. The van der Waals surface area contributed by atoms with Gasteiger partial charge >= 0.3 is 0 Å². The van der Waals surface area contributed by atoms with Crippen LogP contribution in [0, 0.1) is 18.3 Å². The number of aromatic nitrogens is 2. The summed E-state index contributed by atoms with van der Waals surface area (Å²) >= 11 is 1.38. The van der Waals surface area contributed by atoms with E-state index >= 15 is 0 Å². The van der Waals surface area contributed by atoms with Crippen molar-refractivity contribution in [3.63, 3.8) is 0 Å². The van der Waals surface area contributed by atoms with Crippen molar-refractivity contribution in [2.24, 2.45) is 0 Å². The summed E-state index contributed by atoms with van der Waals surface area (Å²) in [6, 6.07) is 9.92. The van der Waals surface area contributed by atoms with Gasteiger partial charge in [-0.3, -0.25) is 9.59 Å². The van der Waals surface area contributed by atoms with Crippen LogP contribution in [0.2, 0.25) is 0 Å². The van der Waals surface area contributed by atoms with Crippen LogP contribution < -0.4 is 10.1 Å². The van der Waals surface area contributed by atoms with Gasteiger partial charge in [0.05, 0.1) is 31.2 Å². The molecular formula is C25H27N5O3S. The van der Waals surface area contributed by atoms with Gasteiger partial charge in [-0.05, 0) is 36.5 Å². The number of carbonyl (C=O) groups excluding carboxylic acids is 2. The Morgan fingerprint density at radius 1 is 1.35 bits per heavy atom. The van der Waals surface area contributed by atoms with Crippen LogP contribution in [0.1, 0.15) is 46.5 Å². The fraction of sp³-hybridized carbons (Fsp3) is 0.360. The minimum Gasteiger partial charge on any atom is -0.496 e. The zero-order valence-electron chi connectivity index (χ0n) is 19.5. The fourth-order valence-electron chi connectivity index (χ4n) is 4.28.